The molecule has 0 fully saturated rings. The molecule has 0 aromatic heterocycles. The molecule has 0 spiro atoms. The van der Waals surface area contributed by atoms with Gasteiger partial charge in [-0.05, 0) is 91.6 Å². The fourth-order valence-corrected chi connectivity index (χ4v) is 11.6. The van der Waals surface area contributed by atoms with Gasteiger partial charge in [-0.2, -0.15) is 0 Å². The van der Waals surface area contributed by atoms with Crippen LogP contribution in [0, 0.1) is 20.8 Å². The minimum atomic E-state index is -1.95. The summed E-state index contributed by atoms with van der Waals surface area (Å²) in [6.07, 6.45) is -0.836. The van der Waals surface area contributed by atoms with E-state index in [0.29, 0.717) is 0 Å². The van der Waals surface area contributed by atoms with Crippen LogP contribution >= 0.6 is 23.8 Å². The molecule has 8 heteroatoms. The van der Waals surface area contributed by atoms with Crippen LogP contribution in [0.25, 0.3) is 0 Å². The Morgan fingerprint density at radius 1 is 0.554 bits per heavy atom. The Morgan fingerprint density at radius 2 is 0.892 bits per heavy atom. The van der Waals surface area contributed by atoms with Crippen LogP contribution in [0.15, 0.2) is 194 Å². The molecule has 7 rings (SSSR count). The van der Waals surface area contributed by atoms with Gasteiger partial charge in [0.1, 0.15) is 10.3 Å². The highest BCUT2D eigenvalue weighted by molar-refractivity contribution is 8.01. The molecule has 332 valence electrons. The lowest BCUT2D eigenvalue weighted by Gasteiger charge is -2.45. The molecular weight excluding hydrogens is 843 g/mol. The average molecular weight is 900 g/mol. The summed E-state index contributed by atoms with van der Waals surface area (Å²) in [4.78, 5) is 30.9. The van der Waals surface area contributed by atoms with Gasteiger partial charge in [-0.3, -0.25) is 0 Å². The molecule has 1 amide bonds. The van der Waals surface area contributed by atoms with Crippen molar-refractivity contribution < 1.29 is 23.6 Å². The number of amides is 1. The number of aliphatic hydroxyl groups is 1. The number of rotatable bonds is 16. The van der Waals surface area contributed by atoms with Gasteiger partial charge in [0, 0.05) is 6.42 Å². The van der Waals surface area contributed by atoms with E-state index in [4.69, 9.17) is 8.92 Å². The van der Waals surface area contributed by atoms with Gasteiger partial charge in [0.05, 0.1) is 28.6 Å². The molecular formula is C57H57NO5S2. The van der Waals surface area contributed by atoms with Crippen LogP contribution in [-0.2, 0) is 29.6 Å². The van der Waals surface area contributed by atoms with Crippen LogP contribution in [-0.4, -0.2) is 40.2 Å². The Balaban J connectivity index is 1.50. The number of alkyl carbamates (subject to hydrolysis) is 1. The highest BCUT2D eigenvalue weighted by atomic mass is 32.2. The van der Waals surface area contributed by atoms with Gasteiger partial charge in [0.25, 0.3) is 0 Å². The first-order chi connectivity index (χ1) is 31.3. The van der Waals surface area contributed by atoms with Crippen molar-refractivity contribution in [1.29, 1.82) is 0 Å². The van der Waals surface area contributed by atoms with Crippen molar-refractivity contribution >= 4 is 35.9 Å². The first-order valence-electron chi connectivity index (χ1n) is 21.9. The summed E-state index contributed by atoms with van der Waals surface area (Å²) in [5.41, 5.74) is 6.35. The minimum absolute atomic E-state index is 0.0226. The molecule has 0 saturated carbocycles. The van der Waals surface area contributed by atoms with Crippen molar-refractivity contribution in [2.45, 2.75) is 73.8 Å². The van der Waals surface area contributed by atoms with Crippen LogP contribution in [0.2, 0.25) is 0 Å². The number of carbonyl (C=O) groups excluding carboxylic acids is 2. The number of aliphatic hydroxyl groups excluding tert-OH is 1. The van der Waals surface area contributed by atoms with Crippen LogP contribution in [0.3, 0.4) is 0 Å². The summed E-state index contributed by atoms with van der Waals surface area (Å²) in [6.45, 7) is 10.9. The summed E-state index contributed by atoms with van der Waals surface area (Å²) in [5.74, 6) is -0.741. The number of aryl methyl sites for hydroxylation is 3. The van der Waals surface area contributed by atoms with E-state index in [2.05, 4.69) is 53.8 Å². The summed E-state index contributed by atoms with van der Waals surface area (Å²) in [7, 11) is 0. The summed E-state index contributed by atoms with van der Waals surface area (Å²) >= 11 is 2.45. The lowest BCUT2D eigenvalue weighted by atomic mass is 9.83. The maximum Gasteiger partial charge on any atom is 0.408 e. The SMILES string of the molecule is Cc1cc(C)c(C[C@@](NC(=O)OC(C)(C)C)(C(=O)OSC(c2ccccc2)(c2ccccc2)c2ccccc2)[C@@H](CO)SC(c2ccccc2)(c2ccccc2)c2ccccc2)c(C)c1. The zero-order valence-electron chi connectivity index (χ0n) is 37.9. The number of thioether (sulfide) groups is 1. The second kappa shape index (κ2) is 20.4. The Morgan fingerprint density at radius 3 is 1.22 bits per heavy atom. The molecule has 0 aliphatic carbocycles. The largest absolute Gasteiger partial charge is 0.444 e. The molecule has 2 atom stereocenters. The Bertz CT molecular complexity index is 2430. The Kier molecular flexibility index (Phi) is 14.7. The predicted molar refractivity (Wildman–Crippen MR) is 267 cm³/mol. The third-order valence-corrected chi connectivity index (χ3v) is 14.8. The van der Waals surface area contributed by atoms with Crippen molar-refractivity contribution in [1.82, 2.24) is 5.32 Å². The van der Waals surface area contributed by atoms with Crippen LogP contribution < -0.4 is 5.32 Å². The highest BCUT2D eigenvalue weighted by Gasteiger charge is 2.55. The fourth-order valence-electron chi connectivity index (χ4n) is 8.81. The van der Waals surface area contributed by atoms with Crippen LogP contribution in [0.1, 0.15) is 76.4 Å². The van der Waals surface area contributed by atoms with E-state index in [1.165, 1.54) is 11.8 Å². The van der Waals surface area contributed by atoms with E-state index in [9.17, 15) is 9.90 Å². The molecule has 65 heavy (non-hydrogen) atoms. The van der Waals surface area contributed by atoms with Crippen molar-refractivity contribution in [2.75, 3.05) is 6.61 Å². The quantitative estimate of drug-likeness (QED) is 0.0738. The second-order valence-corrected chi connectivity index (χ2v) is 19.8. The second-order valence-electron chi connectivity index (χ2n) is 17.5. The van der Waals surface area contributed by atoms with Crippen molar-refractivity contribution in [3.8, 4) is 0 Å². The summed E-state index contributed by atoms with van der Waals surface area (Å²) in [5, 5.41) is 14.3. The molecule has 0 radical (unpaired) electrons. The van der Waals surface area contributed by atoms with Crippen LogP contribution in [0.4, 0.5) is 4.79 Å². The van der Waals surface area contributed by atoms with E-state index in [-0.39, 0.29) is 6.42 Å². The van der Waals surface area contributed by atoms with Gasteiger partial charge < -0.3 is 19.3 Å². The van der Waals surface area contributed by atoms with E-state index in [1.807, 2.05) is 166 Å². The monoisotopic (exact) mass is 899 g/mol. The number of carbonyl (C=O) groups is 2. The van der Waals surface area contributed by atoms with Gasteiger partial charge in [0.2, 0.25) is 0 Å². The molecule has 0 aliphatic rings. The maximum absolute atomic E-state index is 16.3. The van der Waals surface area contributed by atoms with Gasteiger partial charge in [-0.15, -0.1) is 11.8 Å². The Labute approximate surface area is 393 Å². The molecule has 0 unspecified atom stereocenters. The minimum Gasteiger partial charge on any atom is -0.444 e. The van der Waals surface area contributed by atoms with E-state index >= 15 is 4.79 Å². The standard InChI is InChI=1S/C57H57NO5S2/c1-41-37-42(2)50(43(3)38-41)39-55(58-53(61)62-54(4,5)6,51(40-59)64-56(44-25-13-7-14-26-44,45-27-15-8-16-28-45)46-29-17-9-18-30-46)52(60)63-65-57(47-31-19-10-20-32-47,48-33-21-11-22-34-48)49-35-23-12-24-36-49/h7-38,51,59H,39-40H2,1-6H3,(H,58,61)/t51-,55+/m1/s1. The summed E-state index contributed by atoms with van der Waals surface area (Å²) in [6, 6.07) is 64.4. The molecule has 0 bridgehead atoms. The smallest absolute Gasteiger partial charge is 0.408 e. The molecule has 2 N–H and O–H groups in total. The van der Waals surface area contributed by atoms with Gasteiger partial charge in [0.15, 0.2) is 5.54 Å². The third kappa shape index (κ3) is 10.1. The lowest BCUT2D eigenvalue weighted by Crippen LogP contribution is -2.65. The fraction of sp³-hybridized carbons (Fsp3) is 0.228. The molecule has 0 saturated heterocycles. The lowest BCUT2D eigenvalue weighted by molar-refractivity contribution is -0.141. The summed E-state index contributed by atoms with van der Waals surface area (Å²) < 4.78 is 10.8. The molecule has 7 aromatic carbocycles. The van der Waals surface area contributed by atoms with Gasteiger partial charge in [-0.25, -0.2) is 9.59 Å². The zero-order valence-corrected chi connectivity index (χ0v) is 39.5. The molecule has 7 aromatic rings. The molecule has 0 heterocycles. The van der Waals surface area contributed by atoms with Gasteiger partial charge >= 0.3 is 12.1 Å². The first-order valence-corrected chi connectivity index (χ1v) is 23.5. The predicted octanol–water partition coefficient (Wildman–Crippen LogP) is 12.7. The molecule has 0 aliphatic heterocycles. The highest BCUT2D eigenvalue weighted by Crippen LogP contribution is 2.54. The molecule has 6 nitrogen and oxygen atoms in total. The number of nitrogens with one attached hydrogen (secondary N) is 1. The van der Waals surface area contributed by atoms with Crippen molar-refractivity contribution in [2.24, 2.45) is 0 Å². The van der Waals surface area contributed by atoms with Gasteiger partial charge in [-0.1, -0.05) is 200 Å². The normalized spacial score (nSPS) is 13.3. The van der Waals surface area contributed by atoms with E-state index in [1.54, 1.807) is 20.8 Å². The first kappa shape index (κ1) is 46.9. The van der Waals surface area contributed by atoms with Crippen molar-refractivity contribution in [3.05, 3.63) is 250 Å². The van der Waals surface area contributed by atoms with Crippen molar-refractivity contribution in [3.63, 3.8) is 0 Å². The number of ether oxygens (including phenoxy) is 1. The zero-order chi connectivity index (χ0) is 46.1. The number of hydrogen-bond donors (Lipinski definition) is 2. The third-order valence-electron chi connectivity index (χ3n) is 11.7. The number of hydrogen-bond acceptors (Lipinski definition) is 7. The van der Waals surface area contributed by atoms with E-state index in [0.717, 1.165) is 67.7 Å². The average Bonchev–Trinajstić information content (AvgIpc) is 3.32. The number of benzene rings is 7. The maximum atomic E-state index is 16.3. The Hall–Kier alpha value is -6.06. The van der Waals surface area contributed by atoms with E-state index < -0.39 is 44.6 Å². The topological polar surface area (TPSA) is 84.9 Å². The van der Waals surface area contributed by atoms with Crippen LogP contribution in [0.5, 0.6) is 0 Å².